The van der Waals surface area contributed by atoms with E-state index >= 15 is 0 Å². The summed E-state index contributed by atoms with van der Waals surface area (Å²) in [5.74, 6) is 0. The second-order valence-electron chi connectivity index (χ2n) is 3.96. The number of para-hydroxylation sites is 2. The molecule has 18 heavy (non-hydrogen) atoms. The van der Waals surface area contributed by atoms with Crippen LogP contribution in [0, 0.1) is 0 Å². The van der Waals surface area contributed by atoms with Crippen molar-refractivity contribution in [1.82, 2.24) is 0 Å². The SMILES string of the molecule is C[NH+](c1ccccc1)c1ccccc1S(=O)(=O)O. The molecule has 0 aromatic heterocycles. The first-order valence-corrected chi connectivity index (χ1v) is 6.90. The van der Waals surface area contributed by atoms with Crippen LogP contribution in [-0.4, -0.2) is 20.0 Å². The quantitative estimate of drug-likeness (QED) is 0.824. The Morgan fingerprint density at radius 2 is 1.50 bits per heavy atom. The first kappa shape index (κ1) is 12.8. The molecule has 0 aliphatic rings. The molecule has 0 radical (unpaired) electrons. The molecule has 1 unspecified atom stereocenters. The van der Waals surface area contributed by atoms with Crippen molar-refractivity contribution in [1.29, 1.82) is 0 Å². The molecule has 94 valence electrons. The maximum absolute atomic E-state index is 11.3. The topological polar surface area (TPSA) is 58.8 Å². The van der Waals surface area contributed by atoms with Crippen LogP contribution >= 0.6 is 0 Å². The molecule has 0 saturated carbocycles. The van der Waals surface area contributed by atoms with Gasteiger partial charge >= 0.3 is 0 Å². The smallest absolute Gasteiger partial charge is 0.282 e. The number of hydrogen-bond acceptors (Lipinski definition) is 2. The second-order valence-corrected chi connectivity index (χ2v) is 5.35. The van der Waals surface area contributed by atoms with Crippen molar-refractivity contribution in [3.8, 4) is 0 Å². The largest absolute Gasteiger partial charge is 0.300 e. The number of nitrogens with one attached hydrogen (secondary N) is 1. The van der Waals surface area contributed by atoms with Crippen LogP contribution in [0.5, 0.6) is 0 Å². The van der Waals surface area contributed by atoms with Gasteiger partial charge in [-0.2, -0.15) is 8.42 Å². The summed E-state index contributed by atoms with van der Waals surface area (Å²) in [5, 5.41) is 0. The fraction of sp³-hybridized carbons (Fsp3) is 0.0769. The summed E-state index contributed by atoms with van der Waals surface area (Å²) in [6.45, 7) is 0. The molecule has 5 heteroatoms. The summed E-state index contributed by atoms with van der Waals surface area (Å²) < 4.78 is 31.9. The van der Waals surface area contributed by atoms with Crippen molar-refractivity contribution in [2.45, 2.75) is 4.90 Å². The summed E-state index contributed by atoms with van der Waals surface area (Å²) in [6, 6.07) is 15.9. The molecule has 2 N–H and O–H groups in total. The van der Waals surface area contributed by atoms with E-state index in [-0.39, 0.29) is 4.90 Å². The van der Waals surface area contributed by atoms with Gasteiger partial charge in [0.25, 0.3) is 10.1 Å². The molecule has 0 spiro atoms. The lowest BCUT2D eigenvalue weighted by Crippen LogP contribution is -2.98. The highest BCUT2D eigenvalue weighted by Crippen LogP contribution is 2.18. The Hall–Kier alpha value is -1.69. The van der Waals surface area contributed by atoms with E-state index in [9.17, 15) is 13.0 Å². The molecule has 2 aromatic carbocycles. The number of quaternary nitrogens is 1. The van der Waals surface area contributed by atoms with Crippen molar-refractivity contribution >= 4 is 21.5 Å². The third-order valence-corrected chi connectivity index (χ3v) is 3.69. The first-order valence-electron chi connectivity index (χ1n) is 5.46. The average molecular weight is 264 g/mol. The van der Waals surface area contributed by atoms with Gasteiger partial charge in [0, 0.05) is 6.07 Å². The molecule has 2 aromatic rings. The normalized spacial score (nSPS) is 13.2. The van der Waals surface area contributed by atoms with Crippen molar-refractivity contribution in [2.24, 2.45) is 0 Å². The van der Waals surface area contributed by atoms with Crippen molar-refractivity contribution in [3.05, 3.63) is 54.6 Å². The van der Waals surface area contributed by atoms with Crippen LogP contribution in [-0.2, 0) is 10.1 Å². The molecule has 0 saturated heterocycles. The minimum Gasteiger partial charge on any atom is -0.282 e. The molecule has 0 aliphatic carbocycles. The minimum atomic E-state index is -4.21. The maximum atomic E-state index is 11.3. The van der Waals surface area contributed by atoms with Crippen molar-refractivity contribution in [3.63, 3.8) is 0 Å². The number of hydrogen-bond donors (Lipinski definition) is 2. The lowest BCUT2D eigenvalue weighted by Gasteiger charge is -2.15. The molecule has 0 heterocycles. The molecule has 0 aliphatic heterocycles. The van der Waals surface area contributed by atoms with Crippen molar-refractivity contribution in [2.75, 3.05) is 7.05 Å². The van der Waals surface area contributed by atoms with E-state index in [0.29, 0.717) is 5.69 Å². The van der Waals surface area contributed by atoms with Crippen LogP contribution in [0.3, 0.4) is 0 Å². The van der Waals surface area contributed by atoms with E-state index in [2.05, 4.69) is 0 Å². The molecule has 2 rings (SSSR count). The van der Waals surface area contributed by atoms with Gasteiger partial charge in [-0.25, -0.2) is 0 Å². The summed E-state index contributed by atoms with van der Waals surface area (Å²) in [7, 11) is -2.37. The average Bonchev–Trinajstić information content (AvgIpc) is 2.38. The monoisotopic (exact) mass is 264 g/mol. The molecule has 0 bridgehead atoms. The summed E-state index contributed by atoms with van der Waals surface area (Å²) in [6.07, 6.45) is 0. The Labute approximate surface area is 106 Å². The highest BCUT2D eigenvalue weighted by atomic mass is 32.2. The Morgan fingerprint density at radius 3 is 2.11 bits per heavy atom. The van der Waals surface area contributed by atoms with Gasteiger partial charge < -0.3 is 0 Å². The predicted molar refractivity (Wildman–Crippen MR) is 68.9 cm³/mol. The van der Waals surface area contributed by atoms with E-state index in [1.165, 1.54) is 6.07 Å². The van der Waals surface area contributed by atoms with Crippen LogP contribution in [0.25, 0.3) is 0 Å². The molecule has 0 amide bonds. The predicted octanol–water partition coefficient (Wildman–Crippen LogP) is 1.41. The Balaban J connectivity index is 2.53. The fourth-order valence-electron chi connectivity index (χ4n) is 1.85. The third-order valence-electron chi connectivity index (χ3n) is 2.78. The molecule has 0 fully saturated rings. The van der Waals surface area contributed by atoms with E-state index in [4.69, 9.17) is 0 Å². The summed E-state index contributed by atoms with van der Waals surface area (Å²) >= 11 is 0. The highest BCUT2D eigenvalue weighted by Gasteiger charge is 2.22. The zero-order chi connectivity index (χ0) is 13.2. The molecule has 4 nitrogen and oxygen atoms in total. The third kappa shape index (κ3) is 2.59. The molecular weight excluding hydrogens is 250 g/mol. The van der Waals surface area contributed by atoms with Gasteiger partial charge in [0.1, 0.15) is 5.69 Å². The molecular formula is C13H14NO3S+. The van der Waals surface area contributed by atoms with Crippen LogP contribution in [0.4, 0.5) is 11.4 Å². The Morgan fingerprint density at radius 1 is 0.944 bits per heavy atom. The van der Waals surface area contributed by atoms with Gasteiger partial charge in [0.2, 0.25) is 0 Å². The molecule has 1 atom stereocenters. The lowest BCUT2D eigenvalue weighted by molar-refractivity contribution is -0.737. The van der Waals surface area contributed by atoms with Gasteiger partial charge in [0.05, 0.1) is 7.05 Å². The Bertz CT molecular complexity index is 638. The minimum absolute atomic E-state index is 0.0636. The van der Waals surface area contributed by atoms with Crippen molar-refractivity contribution < 1.29 is 17.9 Å². The van der Waals surface area contributed by atoms with Crippen LogP contribution in [0.2, 0.25) is 0 Å². The highest BCUT2D eigenvalue weighted by molar-refractivity contribution is 7.86. The van der Waals surface area contributed by atoms with Gasteiger partial charge in [-0.3, -0.25) is 9.45 Å². The van der Waals surface area contributed by atoms with Crippen LogP contribution < -0.4 is 4.90 Å². The van der Waals surface area contributed by atoms with Crippen LogP contribution in [0.1, 0.15) is 0 Å². The van der Waals surface area contributed by atoms with E-state index in [1.807, 2.05) is 37.4 Å². The summed E-state index contributed by atoms with van der Waals surface area (Å²) in [4.78, 5) is 0.746. The zero-order valence-electron chi connectivity index (χ0n) is 9.87. The Kier molecular flexibility index (Phi) is 3.47. The lowest BCUT2D eigenvalue weighted by atomic mass is 10.2. The summed E-state index contributed by atoms with van der Waals surface area (Å²) in [5.41, 5.74) is 1.44. The zero-order valence-corrected chi connectivity index (χ0v) is 10.7. The second kappa shape index (κ2) is 4.89. The van der Waals surface area contributed by atoms with Gasteiger partial charge in [0.15, 0.2) is 10.6 Å². The van der Waals surface area contributed by atoms with Crippen LogP contribution in [0.15, 0.2) is 59.5 Å². The van der Waals surface area contributed by atoms with E-state index in [1.54, 1.807) is 18.2 Å². The fourth-order valence-corrected chi connectivity index (χ4v) is 2.59. The van der Waals surface area contributed by atoms with E-state index < -0.39 is 10.1 Å². The van der Waals surface area contributed by atoms with Gasteiger partial charge in [-0.1, -0.05) is 30.3 Å². The first-order chi connectivity index (χ1) is 8.50. The van der Waals surface area contributed by atoms with E-state index in [0.717, 1.165) is 10.6 Å². The van der Waals surface area contributed by atoms with Gasteiger partial charge in [-0.05, 0) is 18.2 Å². The standard InChI is InChI=1S/C13H13NO3S/c1-14(11-7-3-2-4-8-11)12-9-5-6-10-13(12)18(15,16)17/h2-10H,1H3,(H,15,16,17)/p+1. The number of benzene rings is 2. The number of rotatable bonds is 3. The maximum Gasteiger partial charge on any atom is 0.300 e. The van der Waals surface area contributed by atoms with Gasteiger partial charge in [-0.15, -0.1) is 0 Å².